The Morgan fingerprint density at radius 1 is 1.25 bits per heavy atom. The molecule has 3 N–H and O–H groups in total. The number of hydrogen-bond acceptors (Lipinski definition) is 4. The maximum absolute atomic E-state index is 12.5. The lowest BCUT2D eigenvalue weighted by molar-refractivity contribution is -0.132. The molecule has 0 spiro atoms. The Kier molecular flexibility index (Phi) is 6.01. The summed E-state index contributed by atoms with van der Waals surface area (Å²) >= 11 is 0. The fraction of sp³-hybridized carbons (Fsp3) is 0.588. The number of nitrogens with two attached hydrogens (primary N) is 1. The summed E-state index contributed by atoms with van der Waals surface area (Å²) in [6.45, 7) is 5.05. The van der Waals surface area contributed by atoms with Gasteiger partial charge in [0.2, 0.25) is 15.9 Å². The van der Waals surface area contributed by atoms with Gasteiger partial charge >= 0.3 is 0 Å². The van der Waals surface area contributed by atoms with Crippen LogP contribution in [0.25, 0.3) is 0 Å². The molecule has 1 saturated heterocycles. The number of carbonyl (C=O) groups is 1. The van der Waals surface area contributed by atoms with E-state index in [4.69, 9.17) is 10.5 Å². The Morgan fingerprint density at radius 3 is 2.33 bits per heavy atom. The lowest BCUT2D eigenvalue weighted by Crippen LogP contribution is -2.49. The average Bonchev–Trinajstić information content (AvgIpc) is 2.54. The van der Waals surface area contributed by atoms with Crippen LogP contribution in [0.2, 0.25) is 0 Å². The van der Waals surface area contributed by atoms with Crippen molar-refractivity contribution in [2.24, 2.45) is 17.1 Å². The van der Waals surface area contributed by atoms with E-state index in [1.165, 1.54) is 0 Å². The highest BCUT2D eigenvalue weighted by atomic mass is 32.2. The van der Waals surface area contributed by atoms with Crippen molar-refractivity contribution in [2.45, 2.75) is 38.0 Å². The molecule has 0 bridgehead atoms. The van der Waals surface area contributed by atoms with E-state index in [0.717, 1.165) is 12.0 Å². The summed E-state index contributed by atoms with van der Waals surface area (Å²) in [5, 5.41) is 0. The van der Waals surface area contributed by atoms with Gasteiger partial charge < -0.3 is 10.5 Å². The largest absolute Gasteiger partial charge is 0.381 e. The van der Waals surface area contributed by atoms with Crippen molar-refractivity contribution in [2.75, 3.05) is 19.8 Å². The molecule has 7 heteroatoms. The molecule has 2 rings (SSSR count). The smallest absolute Gasteiger partial charge is 0.240 e. The van der Waals surface area contributed by atoms with Crippen LogP contribution in [0.15, 0.2) is 29.2 Å². The van der Waals surface area contributed by atoms with E-state index < -0.39 is 21.3 Å². The number of ether oxygens (including phenoxy) is 1. The van der Waals surface area contributed by atoms with Crippen LogP contribution in [0.1, 0.15) is 32.3 Å². The molecule has 1 aromatic carbocycles. The fourth-order valence-corrected chi connectivity index (χ4v) is 3.99. The molecule has 1 aromatic rings. The Labute approximate surface area is 143 Å². The molecule has 1 amide bonds. The highest BCUT2D eigenvalue weighted by molar-refractivity contribution is 7.89. The summed E-state index contributed by atoms with van der Waals surface area (Å²) < 4.78 is 32.8. The van der Waals surface area contributed by atoms with Gasteiger partial charge in [0.15, 0.2) is 0 Å². The number of rotatable bonds is 7. The van der Waals surface area contributed by atoms with Crippen LogP contribution in [0, 0.1) is 11.3 Å². The Balaban J connectivity index is 2.08. The number of primary amides is 1. The van der Waals surface area contributed by atoms with Crippen molar-refractivity contribution in [1.29, 1.82) is 0 Å². The molecule has 0 aromatic heterocycles. The van der Waals surface area contributed by atoms with Gasteiger partial charge in [0.25, 0.3) is 0 Å². The molecule has 1 aliphatic rings. The van der Waals surface area contributed by atoms with E-state index in [0.29, 0.717) is 32.0 Å². The maximum Gasteiger partial charge on any atom is 0.240 e. The first-order chi connectivity index (χ1) is 11.3. The third kappa shape index (κ3) is 4.55. The second-order valence-corrected chi connectivity index (χ2v) is 8.59. The summed E-state index contributed by atoms with van der Waals surface area (Å²) in [6.07, 6.45) is 1.76. The molecule has 0 radical (unpaired) electrons. The highest BCUT2D eigenvalue weighted by Gasteiger charge is 2.39. The van der Waals surface area contributed by atoms with Crippen LogP contribution in [0.5, 0.6) is 0 Å². The van der Waals surface area contributed by atoms with Gasteiger partial charge in [-0.2, -0.15) is 0 Å². The van der Waals surface area contributed by atoms with E-state index in [1.807, 2.05) is 12.1 Å². The minimum absolute atomic E-state index is 0.00176. The standard InChI is InChI=1S/C17H26N2O4S/c1-13(2)11-14-3-5-15(6-4-14)24(21,22)19-12-17(16(18)20)7-9-23-10-8-17/h3-6,13,19H,7-12H2,1-2H3,(H2,18,20). The van der Waals surface area contributed by atoms with Gasteiger partial charge in [-0.3, -0.25) is 4.79 Å². The molecule has 0 unspecified atom stereocenters. The van der Waals surface area contributed by atoms with Gasteiger partial charge in [0.1, 0.15) is 0 Å². The summed E-state index contributed by atoms with van der Waals surface area (Å²) in [6, 6.07) is 6.85. The van der Waals surface area contributed by atoms with Crippen molar-refractivity contribution < 1.29 is 17.9 Å². The zero-order valence-corrected chi connectivity index (χ0v) is 15.1. The molecule has 0 atom stereocenters. The van der Waals surface area contributed by atoms with Crippen molar-refractivity contribution in [1.82, 2.24) is 4.72 Å². The molecule has 6 nitrogen and oxygen atoms in total. The molecule has 134 valence electrons. The molecule has 0 saturated carbocycles. The highest BCUT2D eigenvalue weighted by Crippen LogP contribution is 2.30. The number of hydrogen-bond donors (Lipinski definition) is 2. The Hall–Kier alpha value is -1.44. The lowest BCUT2D eigenvalue weighted by Gasteiger charge is -2.34. The number of sulfonamides is 1. The maximum atomic E-state index is 12.5. The van der Waals surface area contributed by atoms with Crippen LogP contribution in [-0.2, 0) is 26.0 Å². The number of amides is 1. The average molecular weight is 354 g/mol. The predicted molar refractivity (Wildman–Crippen MR) is 91.9 cm³/mol. The normalized spacial score (nSPS) is 17.8. The minimum atomic E-state index is -3.68. The first-order valence-corrected chi connectivity index (χ1v) is 9.70. The Bertz CT molecular complexity index is 662. The zero-order valence-electron chi connectivity index (χ0n) is 14.2. The van der Waals surface area contributed by atoms with Gasteiger partial charge in [0.05, 0.1) is 10.3 Å². The van der Waals surface area contributed by atoms with Crippen molar-refractivity contribution in [3.8, 4) is 0 Å². The fourth-order valence-electron chi connectivity index (χ4n) is 2.87. The molecular formula is C17H26N2O4S. The van der Waals surface area contributed by atoms with Crippen molar-refractivity contribution in [3.63, 3.8) is 0 Å². The summed E-state index contributed by atoms with van der Waals surface area (Å²) in [5.74, 6) is 0.0234. The van der Waals surface area contributed by atoms with Gasteiger partial charge in [-0.15, -0.1) is 0 Å². The molecule has 0 aliphatic carbocycles. The van der Waals surface area contributed by atoms with Gasteiger partial charge in [0, 0.05) is 19.8 Å². The third-order valence-electron chi connectivity index (χ3n) is 4.45. The van der Waals surface area contributed by atoms with Crippen molar-refractivity contribution in [3.05, 3.63) is 29.8 Å². The van der Waals surface area contributed by atoms with E-state index >= 15 is 0 Å². The topological polar surface area (TPSA) is 98.5 Å². The minimum Gasteiger partial charge on any atom is -0.381 e. The molecular weight excluding hydrogens is 328 g/mol. The lowest BCUT2D eigenvalue weighted by atomic mass is 9.80. The van der Waals surface area contributed by atoms with E-state index in [2.05, 4.69) is 18.6 Å². The third-order valence-corrected chi connectivity index (χ3v) is 5.87. The van der Waals surface area contributed by atoms with Gasteiger partial charge in [-0.05, 0) is 42.9 Å². The predicted octanol–water partition coefficient (Wildman–Crippen LogP) is 1.45. The van der Waals surface area contributed by atoms with E-state index in [-0.39, 0.29) is 11.4 Å². The monoisotopic (exact) mass is 354 g/mol. The number of nitrogens with one attached hydrogen (secondary N) is 1. The summed E-state index contributed by atoms with van der Waals surface area (Å²) in [5.41, 5.74) is 5.73. The number of carbonyl (C=O) groups excluding carboxylic acids is 1. The van der Waals surface area contributed by atoms with Crippen LogP contribution in [0.3, 0.4) is 0 Å². The number of benzene rings is 1. The van der Waals surface area contributed by atoms with Crippen LogP contribution in [-0.4, -0.2) is 34.1 Å². The first kappa shape index (κ1) is 18.9. The zero-order chi connectivity index (χ0) is 17.8. The second kappa shape index (κ2) is 7.63. The van der Waals surface area contributed by atoms with E-state index in [1.54, 1.807) is 12.1 Å². The first-order valence-electron chi connectivity index (χ1n) is 8.21. The molecule has 1 fully saturated rings. The van der Waals surface area contributed by atoms with Crippen LogP contribution < -0.4 is 10.5 Å². The molecule has 1 heterocycles. The second-order valence-electron chi connectivity index (χ2n) is 6.82. The SMILES string of the molecule is CC(C)Cc1ccc(S(=O)(=O)NCC2(C(N)=O)CCOCC2)cc1. The molecule has 1 aliphatic heterocycles. The Morgan fingerprint density at radius 2 is 1.83 bits per heavy atom. The summed E-state index contributed by atoms with van der Waals surface area (Å²) in [4.78, 5) is 12.0. The summed E-state index contributed by atoms with van der Waals surface area (Å²) in [7, 11) is -3.68. The van der Waals surface area contributed by atoms with Gasteiger partial charge in [-0.25, -0.2) is 13.1 Å². The van der Waals surface area contributed by atoms with Gasteiger partial charge in [-0.1, -0.05) is 26.0 Å². The van der Waals surface area contributed by atoms with Crippen LogP contribution >= 0.6 is 0 Å². The quantitative estimate of drug-likeness (QED) is 0.774. The van der Waals surface area contributed by atoms with Crippen molar-refractivity contribution >= 4 is 15.9 Å². The van der Waals surface area contributed by atoms with Crippen LogP contribution in [0.4, 0.5) is 0 Å². The van der Waals surface area contributed by atoms with E-state index in [9.17, 15) is 13.2 Å². The molecule has 24 heavy (non-hydrogen) atoms.